The van der Waals surface area contributed by atoms with Crippen LogP contribution < -0.4 is 14.8 Å². The van der Waals surface area contributed by atoms with Gasteiger partial charge < -0.3 is 19.3 Å². The first-order valence-electron chi connectivity index (χ1n) is 9.27. The van der Waals surface area contributed by atoms with Gasteiger partial charge in [0.15, 0.2) is 0 Å². The third-order valence-corrected chi connectivity index (χ3v) is 4.83. The van der Waals surface area contributed by atoms with Gasteiger partial charge >= 0.3 is 0 Å². The molecule has 1 aliphatic heterocycles. The molecule has 1 aromatic heterocycles. The Morgan fingerprint density at radius 1 is 1.18 bits per heavy atom. The van der Waals surface area contributed by atoms with Crippen molar-refractivity contribution >= 4 is 11.6 Å². The number of hydrogen-bond donors (Lipinski definition) is 1. The second-order valence-corrected chi connectivity index (χ2v) is 6.88. The molecule has 28 heavy (non-hydrogen) atoms. The minimum atomic E-state index is -0.0525. The molecule has 0 saturated heterocycles. The number of amides is 1. The van der Waals surface area contributed by atoms with Crippen LogP contribution in [0.15, 0.2) is 47.0 Å². The molecule has 6 heteroatoms. The van der Waals surface area contributed by atoms with Crippen molar-refractivity contribution in [2.45, 2.75) is 33.3 Å². The SMILES string of the molecule is Cc1noc(C)c1COc1ccc(CC(=O)Nc2ccc3c(c2)CCO3)cc1. The van der Waals surface area contributed by atoms with Crippen LogP contribution in [-0.2, 0) is 24.2 Å². The Bertz CT molecular complexity index is 973. The molecule has 0 unspecified atom stereocenters. The van der Waals surface area contributed by atoms with Gasteiger partial charge in [0.2, 0.25) is 5.91 Å². The summed E-state index contributed by atoms with van der Waals surface area (Å²) in [5.41, 5.74) is 4.66. The second kappa shape index (κ2) is 7.76. The van der Waals surface area contributed by atoms with Gasteiger partial charge in [-0.15, -0.1) is 0 Å². The lowest BCUT2D eigenvalue weighted by Gasteiger charge is -2.09. The number of fused-ring (bicyclic) bond motifs is 1. The zero-order chi connectivity index (χ0) is 19.5. The van der Waals surface area contributed by atoms with Crippen LogP contribution >= 0.6 is 0 Å². The van der Waals surface area contributed by atoms with Crippen LogP contribution in [0.2, 0.25) is 0 Å². The molecule has 0 aliphatic carbocycles. The van der Waals surface area contributed by atoms with E-state index in [1.165, 1.54) is 0 Å². The van der Waals surface area contributed by atoms with Crippen LogP contribution in [0.1, 0.15) is 28.1 Å². The highest BCUT2D eigenvalue weighted by Crippen LogP contribution is 2.28. The van der Waals surface area contributed by atoms with Crippen molar-refractivity contribution < 1.29 is 18.8 Å². The fourth-order valence-electron chi connectivity index (χ4n) is 3.22. The van der Waals surface area contributed by atoms with Gasteiger partial charge in [0.25, 0.3) is 0 Å². The highest BCUT2D eigenvalue weighted by Gasteiger charge is 2.13. The number of carbonyl (C=O) groups is 1. The van der Waals surface area contributed by atoms with Crippen LogP contribution in [0.25, 0.3) is 0 Å². The quantitative estimate of drug-likeness (QED) is 0.702. The van der Waals surface area contributed by atoms with Crippen molar-refractivity contribution in [1.29, 1.82) is 0 Å². The van der Waals surface area contributed by atoms with Gasteiger partial charge in [-0.1, -0.05) is 17.3 Å². The summed E-state index contributed by atoms with van der Waals surface area (Å²) in [6, 6.07) is 13.3. The van der Waals surface area contributed by atoms with Crippen molar-refractivity contribution in [3.8, 4) is 11.5 Å². The average molecular weight is 378 g/mol. The number of ether oxygens (including phenoxy) is 2. The van der Waals surface area contributed by atoms with E-state index in [-0.39, 0.29) is 5.91 Å². The summed E-state index contributed by atoms with van der Waals surface area (Å²) in [4.78, 5) is 12.3. The smallest absolute Gasteiger partial charge is 0.228 e. The average Bonchev–Trinajstić information content (AvgIpc) is 3.27. The van der Waals surface area contributed by atoms with E-state index in [1.807, 2.05) is 56.3 Å². The van der Waals surface area contributed by atoms with E-state index in [9.17, 15) is 4.79 Å². The van der Waals surface area contributed by atoms with E-state index in [0.717, 1.165) is 51.8 Å². The Labute approximate surface area is 163 Å². The summed E-state index contributed by atoms with van der Waals surface area (Å²) in [7, 11) is 0. The molecule has 4 rings (SSSR count). The van der Waals surface area contributed by atoms with Crippen LogP contribution in [0.5, 0.6) is 11.5 Å². The standard InChI is InChI=1S/C22H22N2O4/c1-14-20(15(2)28-24-14)13-27-19-6-3-16(4-7-19)11-22(25)23-18-5-8-21-17(12-18)9-10-26-21/h3-8,12H,9-11,13H2,1-2H3,(H,23,25). The van der Waals surface area contributed by atoms with E-state index in [1.54, 1.807) is 0 Å². The molecule has 2 heterocycles. The molecule has 0 bridgehead atoms. The third kappa shape index (κ3) is 4.01. The summed E-state index contributed by atoms with van der Waals surface area (Å²) >= 11 is 0. The Morgan fingerprint density at radius 3 is 2.75 bits per heavy atom. The maximum atomic E-state index is 12.3. The van der Waals surface area contributed by atoms with Crippen molar-refractivity contribution in [2.24, 2.45) is 0 Å². The zero-order valence-corrected chi connectivity index (χ0v) is 16.0. The van der Waals surface area contributed by atoms with Crippen molar-refractivity contribution in [2.75, 3.05) is 11.9 Å². The van der Waals surface area contributed by atoms with Gasteiger partial charge in [0.05, 0.1) is 24.3 Å². The van der Waals surface area contributed by atoms with Crippen LogP contribution in [0, 0.1) is 13.8 Å². The highest BCUT2D eigenvalue weighted by atomic mass is 16.5. The highest BCUT2D eigenvalue weighted by molar-refractivity contribution is 5.92. The van der Waals surface area contributed by atoms with Gasteiger partial charge in [0, 0.05) is 12.1 Å². The number of benzene rings is 2. The third-order valence-electron chi connectivity index (χ3n) is 4.83. The first-order valence-corrected chi connectivity index (χ1v) is 9.27. The molecule has 144 valence electrons. The van der Waals surface area contributed by atoms with Gasteiger partial charge in [-0.3, -0.25) is 4.79 Å². The normalized spacial score (nSPS) is 12.4. The first kappa shape index (κ1) is 18.1. The molecule has 1 aliphatic rings. The number of aryl methyl sites for hydroxylation is 2. The summed E-state index contributed by atoms with van der Waals surface area (Å²) in [6.45, 7) is 4.87. The van der Waals surface area contributed by atoms with Crippen molar-refractivity contribution in [1.82, 2.24) is 5.16 Å². The summed E-state index contributed by atoms with van der Waals surface area (Å²) in [6.07, 6.45) is 1.19. The lowest BCUT2D eigenvalue weighted by molar-refractivity contribution is -0.115. The molecule has 6 nitrogen and oxygen atoms in total. The lowest BCUT2D eigenvalue weighted by Crippen LogP contribution is -2.14. The second-order valence-electron chi connectivity index (χ2n) is 6.88. The number of anilines is 1. The Hall–Kier alpha value is -3.28. The minimum Gasteiger partial charge on any atom is -0.493 e. The van der Waals surface area contributed by atoms with E-state index in [2.05, 4.69) is 10.5 Å². The topological polar surface area (TPSA) is 73.6 Å². The molecule has 0 saturated carbocycles. The number of rotatable bonds is 6. The van der Waals surface area contributed by atoms with Crippen LogP contribution in [-0.4, -0.2) is 17.7 Å². The largest absolute Gasteiger partial charge is 0.493 e. The molecule has 2 aromatic carbocycles. The maximum absolute atomic E-state index is 12.3. The lowest BCUT2D eigenvalue weighted by atomic mass is 10.1. The van der Waals surface area contributed by atoms with Crippen molar-refractivity contribution in [3.05, 3.63) is 70.6 Å². The predicted octanol–water partition coefficient (Wildman–Crippen LogP) is 3.99. The van der Waals surface area contributed by atoms with E-state index < -0.39 is 0 Å². The number of carbonyl (C=O) groups excluding carboxylic acids is 1. The van der Waals surface area contributed by atoms with E-state index in [0.29, 0.717) is 19.6 Å². The fraction of sp³-hybridized carbons (Fsp3) is 0.273. The monoisotopic (exact) mass is 378 g/mol. The van der Waals surface area contributed by atoms with Gasteiger partial charge in [-0.2, -0.15) is 0 Å². The van der Waals surface area contributed by atoms with E-state index in [4.69, 9.17) is 14.0 Å². The predicted molar refractivity (Wildman–Crippen MR) is 105 cm³/mol. The van der Waals surface area contributed by atoms with E-state index >= 15 is 0 Å². The zero-order valence-electron chi connectivity index (χ0n) is 16.0. The summed E-state index contributed by atoms with van der Waals surface area (Å²) in [5, 5.41) is 6.87. The Balaban J connectivity index is 1.32. The molecule has 0 spiro atoms. The number of aromatic nitrogens is 1. The molecule has 0 fully saturated rings. The molecule has 1 N–H and O–H groups in total. The fourth-order valence-corrected chi connectivity index (χ4v) is 3.22. The number of hydrogen-bond acceptors (Lipinski definition) is 5. The molecule has 0 radical (unpaired) electrons. The van der Waals surface area contributed by atoms with Crippen molar-refractivity contribution in [3.63, 3.8) is 0 Å². The summed E-state index contributed by atoms with van der Waals surface area (Å²) < 4.78 is 16.4. The summed E-state index contributed by atoms with van der Waals surface area (Å²) in [5.74, 6) is 2.36. The van der Waals surface area contributed by atoms with Crippen LogP contribution in [0.4, 0.5) is 5.69 Å². The molecule has 3 aromatic rings. The molecular formula is C22H22N2O4. The number of nitrogens with one attached hydrogen (secondary N) is 1. The number of nitrogens with zero attached hydrogens (tertiary/aromatic N) is 1. The Morgan fingerprint density at radius 2 is 2.00 bits per heavy atom. The minimum absolute atomic E-state index is 0.0525. The van der Waals surface area contributed by atoms with Crippen LogP contribution in [0.3, 0.4) is 0 Å². The Kier molecular flexibility index (Phi) is 5.02. The van der Waals surface area contributed by atoms with Gasteiger partial charge in [-0.05, 0) is 55.3 Å². The maximum Gasteiger partial charge on any atom is 0.228 e. The molecule has 1 amide bonds. The van der Waals surface area contributed by atoms with Gasteiger partial charge in [0.1, 0.15) is 23.9 Å². The first-order chi connectivity index (χ1) is 13.6. The molecular weight excluding hydrogens is 356 g/mol. The van der Waals surface area contributed by atoms with Gasteiger partial charge in [-0.25, -0.2) is 0 Å². The molecule has 0 atom stereocenters.